The highest BCUT2D eigenvalue weighted by molar-refractivity contribution is 7.89. The standard InChI is InChI=1S/C15H18N2O3S/c18-15-6-4-13(5-7-15)8-11-17-21(19,20)12-9-14-3-1-2-10-16-14/h1-7,10,17-18H,8-9,11-12H2. The summed E-state index contributed by atoms with van der Waals surface area (Å²) in [5.41, 5.74) is 1.74. The Morgan fingerprint density at radius 1 is 1.05 bits per heavy atom. The van der Waals surface area contributed by atoms with E-state index in [9.17, 15) is 13.5 Å². The van der Waals surface area contributed by atoms with Crippen LogP contribution < -0.4 is 4.72 Å². The lowest BCUT2D eigenvalue weighted by atomic mass is 10.1. The summed E-state index contributed by atoms with van der Waals surface area (Å²) in [6.45, 7) is 0.343. The number of aryl methyl sites for hydroxylation is 1. The van der Waals surface area contributed by atoms with Gasteiger partial charge in [0, 0.05) is 24.9 Å². The molecule has 0 aliphatic rings. The number of hydrogen-bond acceptors (Lipinski definition) is 4. The average Bonchev–Trinajstić information content (AvgIpc) is 2.48. The molecule has 2 N–H and O–H groups in total. The Labute approximate surface area is 124 Å². The lowest BCUT2D eigenvalue weighted by molar-refractivity contribution is 0.475. The van der Waals surface area contributed by atoms with Gasteiger partial charge in [-0.25, -0.2) is 13.1 Å². The summed E-state index contributed by atoms with van der Waals surface area (Å²) in [6.07, 6.45) is 2.64. The van der Waals surface area contributed by atoms with E-state index in [2.05, 4.69) is 9.71 Å². The molecule has 0 amide bonds. The molecule has 112 valence electrons. The number of pyridine rings is 1. The van der Waals surface area contributed by atoms with Crippen molar-refractivity contribution in [1.29, 1.82) is 0 Å². The summed E-state index contributed by atoms with van der Waals surface area (Å²) in [5, 5.41) is 9.17. The van der Waals surface area contributed by atoms with Crippen molar-refractivity contribution in [1.82, 2.24) is 9.71 Å². The Morgan fingerprint density at radius 2 is 1.81 bits per heavy atom. The largest absolute Gasteiger partial charge is 0.508 e. The van der Waals surface area contributed by atoms with E-state index >= 15 is 0 Å². The Bertz CT molecular complexity index is 655. The molecule has 0 saturated carbocycles. The minimum absolute atomic E-state index is 0.0274. The molecule has 1 heterocycles. The van der Waals surface area contributed by atoms with E-state index in [1.807, 2.05) is 12.1 Å². The maximum absolute atomic E-state index is 11.9. The van der Waals surface area contributed by atoms with E-state index in [0.29, 0.717) is 19.4 Å². The molecule has 0 unspecified atom stereocenters. The van der Waals surface area contributed by atoms with Crippen molar-refractivity contribution in [2.75, 3.05) is 12.3 Å². The van der Waals surface area contributed by atoms with E-state index in [4.69, 9.17) is 0 Å². The van der Waals surface area contributed by atoms with Crippen LogP contribution >= 0.6 is 0 Å². The van der Waals surface area contributed by atoms with Crippen LogP contribution in [-0.4, -0.2) is 30.8 Å². The van der Waals surface area contributed by atoms with Gasteiger partial charge in [-0.1, -0.05) is 18.2 Å². The monoisotopic (exact) mass is 306 g/mol. The highest BCUT2D eigenvalue weighted by Crippen LogP contribution is 2.09. The van der Waals surface area contributed by atoms with Gasteiger partial charge >= 0.3 is 0 Å². The molecule has 0 radical (unpaired) electrons. The number of sulfonamides is 1. The third-order valence-corrected chi connectivity index (χ3v) is 4.41. The van der Waals surface area contributed by atoms with Crippen molar-refractivity contribution in [2.24, 2.45) is 0 Å². The second kappa shape index (κ2) is 7.19. The van der Waals surface area contributed by atoms with Gasteiger partial charge in [0.15, 0.2) is 0 Å². The summed E-state index contributed by atoms with van der Waals surface area (Å²) in [7, 11) is -3.30. The summed E-state index contributed by atoms with van der Waals surface area (Å²) >= 11 is 0. The van der Waals surface area contributed by atoms with Gasteiger partial charge in [0.25, 0.3) is 0 Å². The van der Waals surface area contributed by atoms with E-state index < -0.39 is 10.0 Å². The van der Waals surface area contributed by atoms with E-state index in [0.717, 1.165) is 11.3 Å². The SMILES string of the molecule is O=S(=O)(CCc1ccccn1)NCCc1ccc(O)cc1. The number of nitrogens with zero attached hydrogens (tertiary/aromatic N) is 1. The topological polar surface area (TPSA) is 79.3 Å². The first kappa shape index (κ1) is 15.5. The first-order chi connectivity index (χ1) is 10.1. The predicted molar refractivity (Wildman–Crippen MR) is 81.5 cm³/mol. The molecule has 2 rings (SSSR count). The van der Waals surface area contributed by atoms with Crippen LogP contribution in [0.1, 0.15) is 11.3 Å². The third-order valence-electron chi connectivity index (χ3n) is 3.03. The third kappa shape index (κ3) is 5.53. The van der Waals surface area contributed by atoms with Crippen molar-refractivity contribution in [3.63, 3.8) is 0 Å². The van der Waals surface area contributed by atoms with Gasteiger partial charge in [0.1, 0.15) is 5.75 Å². The second-order valence-electron chi connectivity index (χ2n) is 4.70. The smallest absolute Gasteiger partial charge is 0.211 e. The summed E-state index contributed by atoms with van der Waals surface area (Å²) < 4.78 is 26.3. The lowest BCUT2D eigenvalue weighted by Crippen LogP contribution is -2.29. The fourth-order valence-corrected chi connectivity index (χ4v) is 2.91. The van der Waals surface area contributed by atoms with Gasteiger partial charge < -0.3 is 5.11 Å². The minimum Gasteiger partial charge on any atom is -0.508 e. The Hall–Kier alpha value is -1.92. The normalized spacial score (nSPS) is 11.4. The van der Waals surface area contributed by atoms with Gasteiger partial charge in [0.2, 0.25) is 10.0 Å². The van der Waals surface area contributed by atoms with Crippen molar-refractivity contribution < 1.29 is 13.5 Å². The molecule has 0 bridgehead atoms. The van der Waals surface area contributed by atoms with Gasteiger partial charge in [-0.15, -0.1) is 0 Å². The van der Waals surface area contributed by atoms with Gasteiger partial charge in [0.05, 0.1) is 5.75 Å². The highest BCUT2D eigenvalue weighted by atomic mass is 32.2. The quantitative estimate of drug-likeness (QED) is 0.812. The van der Waals surface area contributed by atoms with Crippen LogP contribution in [0.15, 0.2) is 48.7 Å². The van der Waals surface area contributed by atoms with Gasteiger partial charge in [-0.3, -0.25) is 4.98 Å². The molecule has 2 aromatic rings. The maximum Gasteiger partial charge on any atom is 0.211 e. The summed E-state index contributed by atoms with van der Waals surface area (Å²) in [5.74, 6) is 0.231. The fraction of sp³-hybridized carbons (Fsp3) is 0.267. The average molecular weight is 306 g/mol. The first-order valence-electron chi connectivity index (χ1n) is 6.70. The second-order valence-corrected chi connectivity index (χ2v) is 6.63. The Kier molecular flexibility index (Phi) is 5.30. The number of phenols is 1. The number of rotatable bonds is 7. The molecule has 1 aromatic carbocycles. The van der Waals surface area contributed by atoms with Crippen LogP contribution in [0.4, 0.5) is 0 Å². The van der Waals surface area contributed by atoms with Crippen molar-refractivity contribution in [3.05, 3.63) is 59.9 Å². The molecule has 0 fully saturated rings. The molecule has 1 aromatic heterocycles. The number of aromatic nitrogens is 1. The minimum atomic E-state index is -3.30. The van der Waals surface area contributed by atoms with Crippen LogP contribution in [0.5, 0.6) is 5.75 Å². The van der Waals surface area contributed by atoms with Crippen LogP contribution in [-0.2, 0) is 22.9 Å². The predicted octanol–water partition coefficient (Wildman–Crippen LogP) is 1.49. The molecular formula is C15H18N2O3S. The highest BCUT2D eigenvalue weighted by Gasteiger charge is 2.10. The zero-order valence-electron chi connectivity index (χ0n) is 11.6. The molecule has 5 nitrogen and oxygen atoms in total. The van der Waals surface area contributed by atoms with E-state index in [1.54, 1.807) is 36.5 Å². The zero-order valence-corrected chi connectivity index (χ0v) is 12.4. The van der Waals surface area contributed by atoms with E-state index in [-0.39, 0.29) is 11.5 Å². The van der Waals surface area contributed by atoms with Gasteiger partial charge in [-0.05, 0) is 36.2 Å². The first-order valence-corrected chi connectivity index (χ1v) is 8.35. The number of aromatic hydroxyl groups is 1. The molecule has 0 spiro atoms. The molecule has 0 aliphatic heterocycles. The molecular weight excluding hydrogens is 288 g/mol. The summed E-state index contributed by atoms with van der Waals surface area (Å²) in [4.78, 5) is 4.10. The molecule has 0 saturated heterocycles. The number of phenolic OH excluding ortho intramolecular Hbond substituents is 1. The molecule has 21 heavy (non-hydrogen) atoms. The number of hydrogen-bond donors (Lipinski definition) is 2. The molecule has 6 heteroatoms. The van der Waals surface area contributed by atoms with Crippen molar-refractivity contribution in [2.45, 2.75) is 12.8 Å². The molecule has 0 atom stereocenters. The Morgan fingerprint density at radius 3 is 2.48 bits per heavy atom. The summed E-state index contributed by atoms with van der Waals surface area (Å²) in [6, 6.07) is 12.2. The van der Waals surface area contributed by atoms with Crippen molar-refractivity contribution >= 4 is 10.0 Å². The fourth-order valence-electron chi connectivity index (χ4n) is 1.87. The van der Waals surface area contributed by atoms with Crippen LogP contribution in [0.2, 0.25) is 0 Å². The van der Waals surface area contributed by atoms with Gasteiger partial charge in [-0.2, -0.15) is 0 Å². The van der Waals surface area contributed by atoms with Crippen LogP contribution in [0, 0.1) is 0 Å². The lowest BCUT2D eigenvalue weighted by Gasteiger charge is -2.07. The van der Waals surface area contributed by atoms with Crippen molar-refractivity contribution in [3.8, 4) is 5.75 Å². The van der Waals surface area contributed by atoms with Crippen LogP contribution in [0.3, 0.4) is 0 Å². The van der Waals surface area contributed by atoms with E-state index in [1.165, 1.54) is 0 Å². The van der Waals surface area contributed by atoms with Crippen LogP contribution in [0.25, 0.3) is 0 Å². The zero-order chi connectivity index (χ0) is 15.1. The molecule has 0 aliphatic carbocycles. The number of nitrogens with one attached hydrogen (secondary N) is 1. The number of benzene rings is 1. The maximum atomic E-state index is 11.9. The Balaban J connectivity index is 1.77.